The number of hydrogen-bond acceptors (Lipinski definition) is 8. The molecule has 2 heterocycles. The van der Waals surface area contributed by atoms with Gasteiger partial charge in [0, 0.05) is 24.8 Å². The second kappa shape index (κ2) is 13.9. The molecule has 3 N–H and O–H groups in total. The van der Waals surface area contributed by atoms with Crippen molar-refractivity contribution in [3.63, 3.8) is 0 Å². The van der Waals surface area contributed by atoms with E-state index in [0.717, 1.165) is 15.9 Å². The maximum absolute atomic E-state index is 14.4. The number of fused-ring (bicyclic) bond motifs is 1. The van der Waals surface area contributed by atoms with Crippen LogP contribution >= 0.6 is 0 Å². The van der Waals surface area contributed by atoms with Crippen LogP contribution in [0.3, 0.4) is 0 Å². The van der Waals surface area contributed by atoms with Gasteiger partial charge in [0.1, 0.15) is 17.4 Å². The molecular weight excluding hydrogens is 651 g/mol. The molecule has 0 unspecified atom stereocenters. The third-order valence-electron chi connectivity index (χ3n) is 8.25. The maximum Gasteiger partial charge on any atom is 0.266 e. The Morgan fingerprint density at radius 3 is 2.37 bits per heavy atom. The highest BCUT2D eigenvalue weighted by Gasteiger charge is 2.34. The SMILES string of the molecule is COc1ccc(-n2c([C@H](Cc3ccccc3)NC(=O)CN3CCN(S(=O)(=O)c4ccc(N)cc4)CC3=O)nc3cc(F)ccc3c2=O)cc1. The van der Waals surface area contributed by atoms with Gasteiger partial charge < -0.3 is 20.7 Å². The van der Waals surface area contributed by atoms with Crippen molar-refractivity contribution in [2.45, 2.75) is 17.4 Å². The zero-order valence-corrected chi connectivity index (χ0v) is 27.3. The summed E-state index contributed by atoms with van der Waals surface area (Å²) in [5, 5.41) is 3.13. The number of nitrogens with two attached hydrogens (primary N) is 1. The van der Waals surface area contributed by atoms with Crippen molar-refractivity contribution in [1.29, 1.82) is 0 Å². The van der Waals surface area contributed by atoms with E-state index in [0.29, 0.717) is 17.1 Å². The molecule has 1 aromatic heterocycles. The number of methoxy groups -OCH3 is 1. The van der Waals surface area contributed by atoms with Crippen molar-refractivity contribution >= 4 is 38.4 Å². The smallest absolute Gasteiger partial charge is 0.266 e. The van der Waals surface area contributed by atoms with Gasteiger partial charge in [0.25, 0.3) is 5.56 Å². The Hall–Kier alpha value is -5.60. The zero-order valence-electron chi connectivity index (χ0n) is 26.5. The van der Waals surface area contributed by atoms with Gasteiger partial charge in [-0.3, -0.25) is 19.0 Å². The summed E-state index contributed by atoms with van der Waals surface area (Å²) in [4.78, 5) is 46.8. The minimum Gasteiger partial charge on any atom is -0.497 e. The first-order valence-electron chi connectivity index (χ1n) is 15.4. The van der Waals surface area contributed by atoms with Gasteiger partial charge in [0.15, 0.2) is 0 Å². The molecule has 1 saturated heterocycles. The Kier molecular flexibility index (Phi) is 9.42. The van der Waals surface area contributed by atoms with E-state index in [2.05, 4.69) is 5.32 Å². The van der Waals surface area contributed by atoms with E-state index in [1.807, 2.05) is 30.3 Å². The summed E-state index contributed by atoms with van der Waals surface area (Å²) in [6.07, 6.45) is 0.206. The number of amides is 2. The predicted octanol–water partition coefficient (Wildman–Crippen LogP) is 3.05. The van der Waals surface area contributed by atoms with Crippen LogP contribution in [0.2, 0.25) is 0 Å². The number of piperazine rings is 1. The number of nitrogens with zero attached hydrogens (tertiary/aromatic N) is 4. The summed E-state index contributed by atoms with van der Waals surface area (Å²) in [5.74, 6) is -0.966. The molecule has 1 aliphatic heterocycles. The number of carbonyl (C=O) groups is 2. The first-order valence-corrected chi connectivity index (χ1v) is 16.8. The van der Waals surface area contributed by atoms with Crippen LogP contribution in [-0.2, 0) is 26.0 Å². The van der Waals surface area contributed by atoms with E-state index in [-0.39, 0.29) is 47.7 Å². The summed E-state index contributed by atoms with van der Waals surface area (Å²) in [7, 11) is -2.44. The van der Waals surface area contributed by atoms with Crippen LogP contribution in [0.25, 0.3) is 16.6 Å². The lowest BCUT2D eigenvalue weighted by Crippen LogP contribution is -2.54. The summed E-state index contributed by atoms with van der Waals surface area (Å²) >= 11 is 0. The number of ether oxygens (including phenoxy) is 1. The van der Waals surface area contributed by atoms with Gasteiger partial charge in [0.2, 0.25) is 21.8 Å². The minimum atomic E-state index is -3.96. The van der Waals surface area contributed by atoms with Crippen LogP contribution in [0, 0.1) is 5.82 Å². The fraction of sp³-hybridized carbons (Fsp3) is 0.200. The molecule has 1 fully saturated rings. The highest BCUT2D eigenvalue weighted by atomic mass is 32.2. The number of halogens is 1. The van der Waals surface area contributed by atoms with Crippen LogP contribution in [-0.4, -0.2) is 72.3 Å². The van der Waals surface area contributed by atoms with Crippen LogP contribution in [0.15, 0.2) is 107 Å². The third-order valence-corrected chi connectivity index (χ3v) is 10.1. The highest BCUT2D eigenvalue weighted by Crippen LogP contribution is 2.24. The number of sulfonamides is 1. The average Bonchev–Trinajstić information content (AvgIpc) is 3.09. The molecule has 4 aromatic carbocycles. The number of hydrogen-bond donors (Lipinski definition) is 2. The Morgan fingerprint density at radius 2 is 1.69 bits per heavy atom. The Balaban J connectivity index is 1.30. The maximum atomic E-state index is 14.4. The van der Waals surface area contributed by atoms with Crippen molar-refractivity contribution in [1.82, 2.24) is 24.1 Å². The van der Waals surface area contributed by atoms with Crippen LogP contribution in [0.5, 0.6) is 5.75 Å². The lowest BCUT2D eigenvalue weighted by atomic mass is 10.0. The van der Waals surface area contributed by atoms with E-state index in [1.54, 1.807) is 24.3 Å². The first kappa shape index (κ1) is 33.3. The summed E-state index contributed by atoms with van der Waals surface area (Å²) in [5.41, 5.74) is 7.01. The number of aromatic nitrogens is 2. The van der Waals surface area contributed by atoms with Crippen LogP contribution in [0.1, 0.15) is 17.4 Å². The van der Waals surface area contributed by atoms with Gasteiger partial charge in [-0.1, -0.05) is 30.3 Å². The molecule has 1 atom stereocenters. The van der Waals surface area contributed by atoms with Gasteiger partial charge in [-0.05, 0) is 72.6 Å². The van der Waals surface area contributed by atoms with Crippen molar-refractivity contribution in [3.8, 4) is 11.4 Å². The molecule has 5 aromatic rings. The summed E-state index contributed by atoms with van der Waals surface area (Å²) in [6, 6.07) is 24.5. The van der Waals surface area contributed by atoms with Crippen molar-refractivity contribution in [2.75, 3.05) is 39.0 Å². The Bertz CT molecular complexity index is 2180. The average molecular weight is 685 g/mol. The zero-order chi connectivity index (χ0) is 34.7. The molecule has 0 radical (unpaired) electrons. The van der Waals surface area contributed by atoms with Crippen molar-refractivity contribution < 1.29 is 27.1 Å². The number of benzene rings is 4. The fourth-order valence-corrected chi connectivity index (χ4v) is 7.09. The fourth-order valence-electron chi connectivity index (χ4n) is 5.71. The van der Waals surface area contributed by atoms with Crippen molar-refractivity contribution in [3.05, 3.63) is 125 Å². The number of nitrogen functional groups attached to an aromatic ring is 1. The molecular formula is C35H33FN6O6S. The third kappa shape index (κ3) is 7.15. The van der Waals surface area contributed by atoms with Gasteiger partial charge in [0.05, 0.1) is 47.7 Å². The topological polar surface area (TPSA) is 157 Å². The number of nitrogens with one attached hydrogen (secondary N) is 1. The van der Waals surface area contributed by atoms with E-state index in [1.165, 1.54) is 53.0 Å². The van der Waals surface area contributed by atoms with E-state index < -0.39 is 45.8 Å². The Labute approximate surface area is 281 Å². The molecule has 14 heteroatoms. The number of anilines is 1. The monoisotopic (exact) mass is 684 g/mol. The first-order chi connectivity index (χ1) is 23.5. The van der Waals surface area contributed by atoms with Gasteiger partial charge in [-0.25, -0.2) is 17.8 Å². The molecule has 0 spiro atoms. The van der Waals surface area contributed by atoms with E-state index >= 15 is 0 Å². The van der Waals surface area contributed by atoms with Crippen LogP contribution < -0.4 is 21.3 Å². The second-order valence-electron chi connectivity index (χ2n) is 11.5. The molecule has 252 valence electrons. The standard InChI is InChI=1S/C35H33FN6O6S/c1-48-27-12-10-26(11-13-27)42-34(39-30-20-24(36)7-16-29(30)35(42)45)31(19-23-5-3-2-4-6-23)38-32(43)21-40-17-18-41(22-33(40)44)49(46,47)28-14-8-25(37)9-15-28/h2-16,20,31H,17-19,21-22,37H2,1H3,(H,38,43)/t31-/m0/s1. The molecule has 1 aliphatic rings. The van der Waals surface area contributed by atoms with Crippen molar-refractivity contribution in [2.24, 2.45) is 0 Å². The molecule has 0 saturated carbocycles. The Morgan fingerprint density at radius 1 is 0.980 bits per heavy atom. The van der Waals surface area contributed by atoms with Gasteiger partial charge in [-0.15, -0.1) is 0 Å². The molecule has 12 nitrogen and oxygen atoms in total. The summed E-state index contributed by atoms with van der Waals surface area (Å²) in [6.45, 7) is -0.848. The largest absolute Gasteiger partial charge is 0.497 e. The number of carbonyl (C=O) groups excluding carboxylic acids is 2. The molecule has 0 aliphatic carbocycles. The molecule has 0 bridgehead atoms. The van der Waals surface area contributed by atoms with E-state index in [4.69, 9.17) is 15.5 Å². The quantitative estimate of drug-likeness (QED) is 0.213. The molecule has 49 heavy (non-hydrogen) atoms. The number of rotatable bonds is 10. The predicted molar refractivity (Wildman–Crippen MR) is 181 cm³/mol. The lowest BCUT2D eigenvalue weighted by molar-refractivity contribution is -0.138. The molecule has 2 amide bonds. The molecule has 6 rings (SSSR count). The second-order valence-corrected chi connectivity index (χ2v) is 13.4. The normalized spacial score (nSPS) is 14.5. The highest BCUT2D eigenvalue weighted by molar-refractivity contribution is 7.89. The minimum absolute atomic E-state index is 0.00937. The lowest BCUT2D eigenvalue weighted by Gasteiger charge is -2.33. The van der Waals surface area contributed by atoms with Gasteiger partial charge >= 0.3 is 0 Å². The van der Waals surface area contributed by atoms with Gasteiger partial charge in [-0.2, -0.15) is 4.31 Å². The van der Waals surface area contributed by atoms with Crippen LogP contribution in [0.4, 0.5) is 10.1 Å². The van der Waals surface area contributed by atoms with E-state index in [9.17, 15) is 27.2 Å². The summed E-state index contributed by atoms with van der Waals surface area (Å²) < 4.78 is 48.4.